The third-order valence-corrected chi connectivity index (χ3v) is 2.56. The molecule has 1 unspecified atom stereocenters. The molecule has 0 saturated heterocycles. The molecule has 6 heteroatoms. The Kier molecular flexibility index (Phi) is 7.47. The van der Waals surface area contributed by atoms with Gasteiger partial charge < -0.3 is 10.5 Å². The van der Waals surface area contributed by atoms with Crippen molar-refractivity contribution in [2.75, 3.05) is 13.2 Å². The Labute approximate surface area is 113 Å². The van der Waals surface area contributed by atoms with E-state index in [1.807, 2.05) is 6.20 Å². The second kappa shape index (κ2) is 9.25. The molecule has 0 aliphatic carbocycles. The van der Waals surface area contributed by atoms with Crippen LogP contribution >= 0.6 is 0 Å². The number of nitrogens with zero attached hydrogens (tertiary/aromatic N) is 3. The highest BCUT2D eigenvalue weighted by molar-refractivity contribution is 5.96. The molecule has 0 radical (unpaired) electrons. The van der Waals surface area contributed by atoms with Crippen molar-refractivity contribution in [3.63, 3.8) is 0 Å². The molecule has 1 aromatic heterocycles. The van der Waals surface area contributed by atoms with Crippen LogP contribution in [0.3, 0.4) is 0 Å². The summed E-state index contributed by atoms with van der Waals surface area (Å²) in [5, 5.41) is 7.60. The van der Waals surface area contributed by atoms with Gasteiger partial charge in [-0.15, -0.1) is 5.10 Å². The van der Waals surface area contributed by atoms with E-state index in [4.69, 9.17) is 10.5 Å². The minimum atomic E-state index is -0.182. The fourth-order valence-corrected chi connectivity index (χ4v) is 1.58. The summed E-state index contributed by atoms with van der Waals surface area (Å²) < 4.78 is 6.98. The summed E-state index contributed by atoms with van der Waals surface area (Å²) in [6, 6.07) is 0.110. The van der Waals surface area contributed by atoms with Crippen LogP contribution in [0.4, 0.5) is 0 Å². The monoisotopic (exact) mass is 264 g/mol. The van der Waals surface area contributed by atoms with E-state index >= 15 is 0 Å². The molecule has 0 amide bonds. The highest BCUT2D eigenvalue weighted by Crippen LogP contribution is 2.01. The van der Waals surface area contributed by atoms with Crippen molar-refractivity contribution < 1.29 is 9.53 Å². The highest BCUT2D eigenvalue weighted by atomic mass is 16.5. The number of hydrogen-bond acceptors (Lipinski definition) is 5. The van der Waals surface area contributed by atoms with Gasteiger partial charge in [-0.1, -0.05) is 11.1 Å². The summed E-state index contributed by atoms with van der Waals surface area (Å²) in [6.07, 6.45) is 6.02. The van der Waals surface area contributed by atoms with Gasteiger partial charge in [0.2, 0.25) is 5.78 Å². The predicted octanol–water partition coefficient (Wildman–Crippen LogP) is 0.385. The Morgan fingerprint density at radius 2 is 2.37 bits per heavy atom. The number of carbonyl (C=O) groups is 1. The molecule has 2 N–H and O–H groups in total. The first-order valence-electron chi connectivity index (χ1n) is 6.35. The first-order valence-corrected chi connectivity index (χ1v) is 6.35. The third-order valence-electron chi connectivity index (χ3n) is 2.56. The number of ketones is 1. The molecule has 0 aliphatic heterocycles. The van der Waals surface area contributed by atoms with Gasteiger partial charge in [0.05, 0.1) is 6.20 Å². The molecule has 0 saturated carbocycles. The maximum absolute atomic E-state index is 11.0. The number of hydrogen-bond donors (Lipinski definition) is 1. The lowest BCUT2D eigenvalue weighted by Gasteiger charge is -2.10. The summed E-state index contributed by atoms with van der Waals surface area (Å²) in [5.74, 6) is 4.79. The van der Waals surface area contributed by atoms with Crippen LogP contribution in [0.25, 0.3) is 0 Å². The molecule has 6 nitrogen and oxygen atoms in total. The van der Waals surface area contributed by atoms with Gasteiger partial charge in [0.25, 0.3) is 0 Å². The van der Waals surface area contributed by atoms with Crippen molar-refractivity contribution in [2.24, 2.45) is 5.73 Å². The van der Waals surface area contributed by atoms with Crippen molar-refractivity contribution in [1.29, 1.82) is 0 Å². The summed E-state index contributed by atoms with van der Waals surface area (Å²) in [5.41, 5.74) is 5.97. The third kappa shape index (κ3) is 7.34. The Morgan fingerprint density at radius 3 is 3.05 bits per heavy atom. The number of aromatic nitrogens is 3. The van der Waals surface area contributed by atoms with Crippen molar-refractivity contribution in [1.82, 2.24) is 15.0 Å². The van der Waals surface area contributed by atoms with E-state index in [-0.39, 0.29) is 18.4 Å². The van der Waals surface area contributed by atoms with E-state index in [0.29, 0.717) is 6.61 Å². The van der Waals surface area contributed by atoms with Crippen LogP contribution in [-0.2, 0) is 16.1 Å². The van der Waals surface area contributed by atoms with Crippen molar-refractivity contribution in [2.45, 2.75) is 38.8 Å². The van der Waals surface area contributed by atoms with E-state index < -0.39 is 0 Å². The lowest BCUT2D eigenvalue weighted by atomic mass is 10.1. The SMILES string of the molecule is CC#CC(=O)COCCCC(N)CCn1ccnn1. The van der Waals surface area contributed by atoms with Gasteiger partial charge in [-0.2, -0.15) is 0 Å². The van der Waals surface area contributed by atoms with Crippen LogP contribution in [-0.4, -0.2) is 40.0 Å². The van der Waals surface area contributed by atoms with Gasteiger partial charge in [0, 0.05) is 25.4 Å². The first kappa shape index (κ1) is 15.3. The molecular formula is C13H20N4O2. The largest absolute Gasteiger partial charge is 0.373 e. The minimum Gasteiger partial charge on any atom is -0.373 e. The number of ether oxygens (including phenoxy) is 1. The zero-order chi connectivity index (χ0) is 13.9. The fourth-order valence-electron chi connectivity index (χ4n) is 1.58. The molecule has 0 bridgehead atoms. The van der Waals surface area contributed by atoms with Crippen LogP contribution in [0.15, 0.2) is 12.4 Å². The average Bonchev–Trinajstić information content (AvgIpc) is 2.89. The predicted molar refractivity (Wildman–Crippen MR) is 71.1 cm³/mol. The summed E-state index contributed by atoms with van der Waals surface area (Å²) in [7, 11) is 0. The lowest BCUT2D eigenvalue weighted by Crippen LogP contribution is -2.23. The normalized spacial score (nSPS) is 11.7. The summed E-state index contributed by atoms with van der Waals surface area (Å²) >= 11 is 0. The summed E-state index contributed by atoms with van der Waals surface area (Å²) in [4.78, 5) is 11.0. The topological polar surface area (TPSA) is 83.0 Å². The van der Waals surface area contributed by atoms with Gasteiger partial charge in [-0.05, 0) is 32.1 Å². The lowest BCUT2D eigenvalue weighted by molar-refractivity contribution is -0.118. The molecule has 0 spiro atoms. The number of aryl methyl sites for hydroxylation is 1. The molecule has 19 heavy (non-hydrogen) atoms. The number of Topliss-reactive ketones (excluding diaryl/α,β-unsaturated/α-hetero) is 1. The van der Waals surface area contributed by atoms with Crippen LogP contribution in [0.1, 0.15) is 26.2 Å². The Bertz CT molecular complexity index is 420. The Balaban J connectivity index is 1.99. The maximum atomic E-state index is 11.0. The van der Waals surface area contributed by atoms with Crippen LogP contribution in [0, 0.1) is 11.8 Å². The molecular weight excluding hydrogens is 244 g/mol. The second-order valence-corrected chi connectivity index (χ2v) is 4.21. The van der Waals surface area contributed by atoms with E-state index in [9.17, 15) is 4.79 Å². The Hall–Kier alpha value is -1.71. The number of nitrogens with two attached hydrogens (primary N) is 1. The van der Waals surface area contributed by atoms with Gasteiger partial charge in [0.1, 0.15) is 6.61 Å². The standard InChI is InChI=1S/C13H20N4O2/c1-2-4-13(18)11-19-10-3-5-12(14)6-8-17-9-7-15-16-17/h7,9,12H,3,5-6,8,10-11,14H2,1H3. The smallest absolute Gasteiger partial charge is 0.231 e. The van der Waals surface area contributed by atoms with Gasteiger partial charge in [-0.25, -0.2) is 0 Å². The number of carbonyl (C=O) groups excluding carboxylic acids is 1. The molecule has 0 aliphatic rings. The molecule has 104 valence electrons. The molecule has 1 rings (SSSR count). The summed E-state index contributed by atoms with van der Waals surface area (Å²) in [6.45, 7) is 3.00. The zero-order valence-electron chi connectivity index (χ0n) is 11.2. The van der Waals surface area contributed by atoms with Crippen molar-refractivity contribution >= 4 is 5.78 Å². The Morgan fingerprint density at radius 1 is 1.53 bits per heavy atom. The van der Waals surface area contributed by atoms with Crippen LogP contribution in [0.2, 0.25) is 0 Å². The average molecular weight is 264 g/mol. The number of rotatable bonds is 9. The van der Waals surface area contributed by atoms with Gasteiger partial charge >= 0.3 is 0 Å². The van der Waals surface area contributed by atoms with Gasteiger partial charge in [-0.3, -0.25) is 9.48 Å². The fraction of sp³-hybridized carbons (Fsp3) is 0.615. The minimum absolute atomic E-state index is 0.0645. The van der Waals surface area contributed by atoms with Crippen molar-refractivity contribution in [3.8, 4) is 11.8 Å². The molecule has 1 aromatic rings. The van der Waals surface area contributed by atoms with Gasteiger partial charge in [0.15, 0.2) is 0 Å². The molecule has 1 atom stereocenters. The van der Waals surface area contributed by atoms with E-state index in [2.05, 4.69) is 22.2 Å². The molecule has 0 aromatic carbocycles. The van der Waals surface area contributed by atoms with E-state index in [1.54, 1.807) is 17.8 Å². The van der Waals surface area contributed by atoms with Crippen LogP contribution < -0.4 is 5.73 Å². The second-order valence-electron chi connectivity index (χ2n) is 4.21. The zero-order valence-corrected chi connectivity index (χ0v) is 11.2. The maximum Gasteiger partial charge on any atom is 0.231 e. The molecule has 1 heterocycles. The molecule has 0 fully saturated rings. The van der Waals surface area contributed by atoms with E-state index in [1.165, 1.54) is 0 Å². The quantitative estimate of drug-likeness (QED) is 0.396. The van der Waals surface area contributed by atoms with Crippen LogP contribution in [0.5, 0.6) is 0 Å². The van der Waals surface area contributed by atoms with E-state index in [0.717, 1.165) is 25.8 Å². The van der Waals surface area contributed by atoms with Crippen molar-refractivity contribution in [3.05, 3.63) is 12.4 Å². The first-order chi connectivity index (χ1) is 9.22. The highest BCUT2D eigenvalue weighted by Gasteiger charge is 2.04.